The summed E-state index contributed by atoms with van der Waals surface area (Å²) in [7, 11) is -3.95. The van der Waals surface area contributed by atoms with E-state index in [0.29, 0.717) is 13.1 Å². The highest BCUT2D eigenvalue weighted by atomic mass is 35.5. The first-order valence-corrected chi connectivity index (χ1v) is 8.82. The van der Waals surface area contributed by atoms with Crippen LogP contribution in [0.1, 0.15) is 12.8 Å². The maximum absolute atomic E-state index is 12.8. The van der Waals surface area contributed by atoms with Crippen molar-refractivity contribution in [3.05, 3.63) is 33.3 Å². The summed E-state index contributed by atoms with van der Waals surface area (Å²) in [5.41, 5.74) is 5.56. The molecular formula is C13H17Cl2N3O4S. The minimum atomic E-state index is -3.95. The van der Waals surface area contributed by atoms with Gasteiger partial charge in [0.1, 0.15) is 0 Å². The van der Waals surface area contributed by atoms with Crippen LogP contribution in [0.2, 0.25) is 5.02 Å². The number of benzene rings is 1. The summed E-state index contributed by atoms with van der Waals surface area (Å²) in [5.74, 6) is 0.371. The Balaban J connectivity index is 0.00000192. The molecule has 0 spiro atoms. The van der Waals surface area contributed by atoms with Crippen LogP contribution < -0.4 is 5.73 Å². The van der Waals surface area contributed by atoms with Gasteiger partial charge in [-0.05, 0) is 36.8 Å². The van der Waals surface area contributed by atoms with Gasteiger partial charge in [-0.25, -0.2) is 8.42 Å². The maximum atomic E-state index is 12.8. The van der Waals surface area contributed by atoms with E-state index in [-0.39, 0.29) is 40.2 Å². The van der Waals surface area contributed by atoms with Crippen LogP contribution in [0.25, 0.3) is 0 Å². The van der Waals surface area contributed by atoms with Gasteiger partial charge in [0.2, 0.25) is 10.0 Å². The van der Waals surface area contributed by atoms with Gasteiger partial charge in [0, 0.05) is 30.2 Å². The van der Waals surface area contributed by atoms with E-state index in [2.05, 4.69) is 0 Å². The average Bonchev–Trinajstić information content (AvgIpc) is 3.01. The van der Waals surface area contributed by atoms with Crippen molar-refractivity contribution in [2.24, 2.45) is 17.6 Å². The molecule has 2 fully saturated rings. The van der Waals surface area contributed by atoms with Crippen LogP contribution in [0.15, 0.2) is 23.1 Å². The van der Waals surface area contributed by atoms with Gasteiger partial charge in [0.05, 0.1) is 4.92 Å². The molecule has 0 aromatic heterocycles. The van der Waals surface area contributed by atoms with Crippen LogP contribution in [-0.2, 0) is 10.0 Å². The molecule has 7 nitrogen and oxygen atoms in total. The van der Waals surface area contributed by atoms with Gasteiger partial charge in [-0.1, -0.05) is 11.6 Å². The highest BCUT2D eigenvalue weighted by molar-refractivity contribution is 7.89. The lowest BCUT2D eigenvalue weighted by molar-refractivity contribution is -0.387. The Kier molecular flexibility index (Phi) is 5.22. The van der Waals surface area contributed by atoms with Crippen molar-refractivity contribution in [3.63, 3.8) is 0 Å². The molecule has 1 aliphatic heterocycles. The first-order chi connectivity index (χ1) is 10.3. The third-order valence-corrected chi connectivity index (χ3v) is 6.71. The zero-order valence-electron chi connectivity index (χ0n) is 12.1. The van der Waals surface area contributed by atoms with Crippen molar-refractivity contribution < 1.29 is 13.3 Å². The molecule has 1 aromatic rings. The Hall–Kier alpha value is -0.930. The standard InChI is InChI=1S/C13H16ClN3O4S.ClH/c14-9-2-4-12(17(18)19)13(5-9)22(20,21)16-6-8-1-3-11(15)10(8)7-16;/h2,4-5,8,10-11H,1,3,6-7,15H2;1H. The van der Waals surface area contributed by atoms with E-state index in [1.807, 2.05) is 0 Å². The zero-order chi connectivity index (χ0) is 16.1. The summed E-state index contributed by atoms with van der Waals surface area (Å²) in [5, 5.41) is 11.3. The van der Waals surface area contributed by atoms with Crippen molar-refractivity contribution in [2.45, 2.75) is 23.8 Å². The summed E-state index contributed by atoms with van der Waals surface area (Å²) in [6.45, 7) is 0.683. The minimum absolute atomic E-state index is 0. The number of nitrogens with zero attached hydrogens (tertiary/aromatic N) is 2. The van der Waals surface area contributed by atoms with Crippen molar-refractivity contribution in [2.75, 3.05) is 13.1 Å². The Morgan fingerprint density at radius 1 is 1.30 bits per heavy atom. The number of hydrogen-bond donors (Lipinski definition) is 1. The SMILES string of the molecule is Cl.NC1CCC2CN(S(=O)(=O)c3cc(Cl)ccc3[N+](=O)[O-])CC12. The number of rotatable bonds is 3. The number of nitrogens with two attached hydrogens (primary N) is 1. The molecule has 128 valence electrons. The number of nitro benzene ring substituents is 1. The lowest BCUT2D eigenvalue weighted by atomic mass is 9.98. The van der Waals surface area contributed by atoms with Gasteiger partial charge in [0.15, 0.2) is 4.90 Å². The normalized spacial score (nSPS) is 27.5. The number of nitro groups is 1. The topological polar surface area (TPSA) is 107 Å². The second-order valence-corrected chi connectivity index (χ2v) is 8.20. The van der Waals surface area contributed by atoms with Crippen molar-refractivity contribution in [1.82, 2.24) is 4.31 Å². The van der Waals surface area contributed by atoms with Crippen LogP contribution in [0.3, 0.4) is 0 Å². The molecule has 2 aliphatic rings. The van der Waals surface area contributed by atoms with Crippen LogP contribution in [0.4, 0.5) is 5.69 Å². The third-order valence-electron chi connectivity index (χ3n) is 4.62. The van der Waals surface area contributed by atoms with Gasteiger partial charge >= 0.3 is 0 Å². The van der Waals surface area contributed by atoms with E-state index < -0.39 is 20.6 Å². The molecule has 0 amide bonds. The number of fused-ring (bicyclic) bond motifs is 1. The zero-order valence-corrected chi connectivity index (χ0v) is 14.5. The monoisotopic (exact) mass is 381 g/mol. The second kappa shape index (κ2) is 6.52. The molecule has 1 saturated carbocycles. The van der Waals surface area contributed by atoms with Gasteiger partial charge in [0.25, 0.3) is 5.69 Å². The quantitative estimate of drug-likeness (QED) is 0.636. The average molecular weight is 382 g/mol. The summed E-state index contributed by atoms with van der Waals surface area (Å²) < 4.78 is 26.8. The molecule has 23 heavy (non-hydrogen) atoms. The summed E-state index contributed by atoms with van der Waals surface area (Å²) in [4.78, 5) is 10.1. The van der Waals surface area contributed by atoms with Crippen molar-refractivity contribution in [1.29, 1.82) is 0 Å². The molecule has 10 heteroatoms. The largest absolute Gasteiger partial charge is 0.327 e. The summed E-state index contributed by atoms with van der Waals surface area (Å²) >= 11 is 5.83. The third kappa shape index (κ3) is 3.18. The summed E-state index contributed by atoms with van der Waals surface area (Å²) in [6, 6.07) is 3.58. The molecule has 1 aliphatic carbocycles. The maximum Gasteiger partial charge on any atom is 0.289 e. The van der Waals surface area contributed by atoms with Crippen molar-refractivity contribution in [3.8, 4) is 0 Å². The van der Waals surface area contributed by atoms with E-state index in [1.165, 1.54) is 10.4 Å². The van der Waals surface area contributed by atoms with Gasteiger partial charge < -0.3 is 5.73 Å². The Morgan fingerprint density at radius 3 is 2.61 bits per heavy atom. The molecule has 3 atom stereocenters. The second-order valence-electron chi connectivity index (χ2n) is 5.86. The van der Waals surface area contributed by atoms with Crippen LogP contribution >= 0.6 is 24.0 Å². The van der Waals surface area contributed by atoms with E-state index in [0.717, 1.165) is 25.0 Å². The van der Waals surface area contributed by atoms with Crippen LogP contribution in [0, 0.1) is 22.0 Å². The smallest absolute Gasteiger partial charge is 0.289 e. The molecule has 1 aromatic carbocycles. The predicted molar refractivity (Wildman–Crippen MR) is 88.3 cm³/mol. The fourth-order valence-electron chi connectivity index (χ4n) is 3.45. The van der Waals surface area contributed by atoms with Crippen molar-refractivity contribution >= 4 is 39.7 Å². The number of hydrogen-bond acceptors (Lipinski definition) is 5. The molecule has 3 unspecified atom stereocenters. The van der Waals surface area contributed by atoms with E-state index in [4.69, 9.17) is 17.3 Å². The molecule has 0 bridgehead atoms. The molecule has 2 N–H and O–H groups in total. The van der Waals surface area contributed by atoms with Crippen LogP contribution in [0.5, 0.6) is 0 Å². The lowest BCUT2D eigenvalue weighted by Gasteiger charge is -2.18. The molecule has 1 heterocycles. The number of halogens is 2. The van der Waals surface area contributed by atoms with E-state index in [1.54, 1.807) is 0 Å². The van der Waals surface area contributed by atoms with E-state index in [9.17, 15) is 18.5 Å². The highest BCUT2D eigenvalue weighted by Gasteiger charge is 2.46. The van der Waals surface area contributed by atoms with Crippen LogP contribution in [-0.4, -0.2) is 36.8 Å². The Morgan fingerprint density at radius 2 is 2.00 bits per heavy atom. The van der Waals surface area contributed by atoms with Gasteiger partial charge in [-0.15, -0.1) is 12.4 Å². The fraction of sp³-hybridized carbons (Fsp3) is 0.538. The van der Waals surface area contributed by atoms with Gasteiger partial charge in [-0.2, -0.15) is 4.31 Å². The highest BCUT2D eigenvalue weighted by Crippen LogP contribution is 2.40. The Bertz CT molecular complexity index is 728. The molecule has 1 saturated heterocycles. The Labute approximate surface area is 145 Å². The molecular weight excluding hydrogens is 365 g/mol. The predicted octanol–water partition coefficient (Wildman–Crippen LogP) is 2.03. The fourth-order valence-corrected chi connectivity index (χ4v) is 5.40. The molecule has 0 radical (unpaired) electrons. The number of sulfonamides is 1. The minimum Gasteiger partial charge on any atom is -0.327 e. The lowest BCUT2D eigenvalue weighted by Crippen LogP contribution is -2.33. The first kappa shape index (κ1) is 18.4. The van der Waals surface area contributed by atoms with Gasteiger partial charge in [-0.3, -0.25) is 10.1 Å². The van der Waals surface area contributed by atoms with E-state index >= 15 is 0 Å². The molecule has 3 rings (SSSR count). The summed E-state index contributed by atoms with van der Waals surface area (Å²) in [6.07, 6.45) is 1.80. The first-order valence-electron chi connectivity index (χ1n) is 7.00.